The first kappa shape index (κ1) is 10.4. The van der Waals surface area contributed by atoms with Crippen LogP contribution in [0.5, 0.6) is 0 Å². The molecule has 0 radical (unpaired) electrons. The van der Waals surface area contributed by atoms with Crippen LogP contribution >= 0.6 is 12.2 Å². The molecule has 1 fully saturated rings. The van der Waals surface area contributed by atoms with Crippen LogP contribution in [0.15, 0.2) is 0 Å². The predicted octanol–water partition coefficient (Wildman–Crippen LogP) is 0.995. The molecule has 1 aliphatic heterocycles. The quantitative estimate of drug-likeness (QED) is 0.675. The maximum Gasteiger partial charge on any atom is 0.230 e. The van der Waals surface area contributed by atoms with E-state index < -0.39 is 0 Å². The minimum Gasteiger partial charge on any atom is -0.348 e. The molecule has 1 heterocycles. The van der Waals surface area contributed by atoms with Crippen LogP contribution in [0.2, 0.25) is 0 Å². The van der Waals surface area contributed by atoms with E-state index in [-0.39, 0.29) is 11.8 Å². The smallest absolute Gasteiger partial charge is 0.230 e. The Bertz CT molecular complexity index is 228. The molecule has 74 valence electrons. The number of hydrogen-bond acceptors (Lipinski definition) is 2. The summed E-state index contributed by atoms with van der Waals surface area (Å²) in [6, 6.07) is 0. The average Bonchev–Trinajstić information content (AvgIpc) is 1.99. The zero-order valence-corrected chi connectivity index (χ0v) is 9.15. The molecule has 13 heavy (non-hydrogen) atoms. The lowest BCUT2D eigenvalue weighted by Crippen LogP contribution is -2.54. The monoisotopic (exact) mass is 200 g/mol. The molecule has 1 N–H and O–H groups in total. The van der Waals surface area contributed by atoms with Crippen LogP contribution < -0.4 is 5.32 Å². The summed E-state index contributed by atoms with van der Waals surface area (Å²) in [5, 5.41) is 3.28. The first-order chi connectivity index (χ1) is 6.00. The summed E-state index contributed by atoms with van der Waals surface area (Å²) < 4.78 is 0. The topological polar surface area (TPSA) is 32.3 Å². The highest BCUT2D eigenvalue weighted by Crippen LogP contribution is 2.09. The molecule has 3 nitrogen and oxygen atoms in total. The lowest BCUT2D eigenvalue weighted by molar-refractivity contribution is -0.124. The van der Waals surface area contributed by atoms with E-state index in [1.54, 1.807) is 0 Å². The van der Waals surface area contributed by atoms with Crippen LogP contribution in [0.25, 0.3) is 0 Å². The van der Waals surface area contributed by atoms with Crippen molar-refractivity contribution in [3.8, 4) is 0 Å². The Labute approximate surface area is 84.5 Å². The van der Waals surface area contributed by atoms with Crippen molar-refractivity contribution >= 4 is 23.2 Å². The molecule has 1 rings (SSSR count). The van der Waals surface area contributed by atoms with Crippen LogP contribution in [-0.4, -0.2) is 29.0 Å². The van der Waals surface area contributed by atoms with Crippen molar-refractivity contribution in [1.29, 1.82) is 0 Å². The lowest BCUT2D eigenvalue weighted by Gasteiger charge is -2.33. The van der Waals surface area contributed by atoms with Crippen molar-refractivity contribution in [3.05, 3.63) is 0 Å². The lowest BCUT2D eigenvalue weighted by atomic mass is 10.1. The summed E-state index contributed by atoms with van der Waals surface area (Å²) in [7, 11) is 0. The maximum absolute atomic E-state index is 11.2. The minimum atomic E-state index is 0.0463. The number of nitrogens with one attached hydrogen (secondary N) is 1. The molecule has 0 bridgehead atoms. The molecule has 0 aromatic rings. The zero-order chi connectivity index (χ0) is 10.0. The molecule has 1 atom stereocenters. The summed E-state index contributed by atoms with van der Waals surface area (Å²) in [6.45, 7) is 7.88. The van der Waals surface area contributed by atoms with Gasteiger partial charge in [0.25, 0.3) is 0 Å². The van der Waals surface area contributed by atoms with E-state index in [1.807, 2.05) is 6.92 Å². The number of amides is 1. The number of carbonyl (C=O) groups excluding carboxylic acids is 1. The first-order valence-electron chi connectivity index (χ1n) is 4.60. The molecular weight excluding hydrogens is 184 g/mol. The molecule has 0 aromatic carbocycles. The third kappa shape index (κ3) is 2.66. The largest absolute Gasteiger partial charge is 0.348 e. The molecule has 1 saturated heterocycles. The number of hydrogen-bond donors (Lipinski definition) is 1. The van der Waals surface area contributed by atoms with Gasteiger partial charge in [-0.3, -0.25) is 4.79 Å². The van der Waals surface area contributed by atoms with Gasteiger partial charge in [-0.2, -0.15) is 0 Å². The Morgan fingerprint density at radius 3 is 2.85 bits per heavy atom. The minimum absolute atomic E-state index is 0.0463. The van der Waals surface area contributed by atoms with Crippen molar-refractivity contribution in [2.75, 3.05) is 13.1 Å². The third-order valence-corrected chi connectivity index (χ3v) is 2.40. The normalized spacial score (nSPS) is 23.7. The fraction of sp³-hybridized carbons (Fsp3) is 0.778. The van der Waals surface area contributed by atoms with Gasteiger partial charge >= 0.3 is 0 Å². The number of thiocarbonyl (C=S) groups is 1. The van der Waals surface area contributed by atoms with E-state index in [0.717, 1.165) is 13.1 Å². The van der Waals surface area contributed by atoms with Crippen molar-refractivity contribution in [3.63, 3.8) is 0 Å². The van der Waals surface area contributed by atoms with Gasteiger partial charge in [-0.15, -0.1) is 0 Å². The van der Waals surface area contributed by atoms with E-state index in [1.165, 1.54) is 0 Å². The van der Waals surface area contributed by atoms with Gasteiger partial charge in [0.2, 0.25) is 5.91 Å². The fourth-order valence-electron chi connectivity index (χ4n) is 1.40. The van der Waals surface area contributed by atoms with Crippen molar-refractivity contribution in [2.45, 2.75) is 20.8 Å². The summed E-state index contributed by atoms with van der Waals surface area (Å²) in [4.78, 5) is 13.3. The Hall–Kier alpha value is -0.640. The van der Waals surface area contributed by atoms with Gasteiger partial charge in [-0.05, 0) is 18.1 Å². The Balaban J connectivity index is 2.56. The number of rotatable bonds is 2. The molecule has 0 aliphatic carbocycles. The van der Waals surface area contributed by atoms with E-state index in [9.17, 15) is 4.79 Å². The van der Waals surface area contributed by atoms with E-state index >= 15 is 0 Å². The second kappa shape index (κ2) is 4.05. The predicted molar refractivity (Wildman–Crippen MR) is 56.3 cm³/mol. The van der Waals surface area contributed by atoms with Crippen LogP contribution in [0.4, 0.5) is 0 Å². The van der Waals surface area contributed by atoms with Crippen molar-refractivity contribution < 1.29 is 4.79 Å². The van der Waals surface area contributed by atoms with Gasteiger partial charge in [0.05, 0.1) is 5.92 Å². The highest BCUT2D eigenvalue weighted by molar-refractivity contribution is 7.80. The highest BCUT2D eigenvalue weighted by atomic mass is 32.1. The molecule has 0 saturated carbocycles. The molecule has 1 aliphatic rings. The molecule has 4 heteroatoms. The Morgan fingerprint density at radius 1 is 1.69 bits per heavy atom. The van der Waals surface area contributed by atoms with Gasteiger partial charge in [0.15, 0.2) is 5.11 Å². The van der Waals surface area contributed by atoms with Crippen molar-refractivity contribution in [1.82, 2.24) is 10.2 Å². The van der Waals surface area contributed by atoms with E-state index in [2.05, 4.69) is 24.1 Å². The standard InChI is InChI=1S/C9H16N2OS/c1-6(2)4-11-5-7(3)8(12)10-9(11)13/h6-7H,4-5H2,1-3H3,(H,10,12,13). The van der Waals surface area contributed by atoms with E-state index in [0.29, 0.717) is 11.0 Å². The van der Waals surface area contributed by atoms with Gasteiger partial charge in [0, 0.05) is 13.1 Å². The van der Waals surface area contributed by atoms with Gasteiger partial charge in [-0.25, -0.2) is 0 Å². The van der Waals surface area contributed by atoms with Gasteiger partial charge in [0.1, 0.15) is 0 Å². The van der Waals surface area contributed by atoms with Gasteiger partial charge in [-0.1, -0.05) is 20.8 Å². The molecule has 0 aromatic heterocycles. The zero-order valence-electron chi connectivity index (χ0n) is 8.33. The van der Waals surface area contributed by atoms with Gasteiger partial charge < -0.3 is 10.2 Å². The van der Waals surface area contributed by atoms with Crippen molar-refractivity contribution in [2.24, 2.45) is 11.8 Å². The van der Waals surface area contributed by atoms with Crippen LogP contribution in [-0.2, 0) is 4.79 Å². The molecular formula is C9H16N2OS. The molecule has 0 spiro atoms. The summed E-state index contributed by atoms with van der Waals surface area (Å²) in [6.07, 6.45) is 0. The molecule has 1 amide bonds. The first-order valence-corrected chi connectivity index (χ1v) is 5.01. The third-order valence-electron chi connectivity index (χ3n) is 2.04. The van der Waals surface area contributed by atoms with E-state index in [4.69, 9.17) is 12.2 Å². The Kier molecular flexibility index (Phi) is 3.25. The van der Waals surface area contributed by atoms with Crippen LogP contribution in [0.3, 0.4) is 0 Å². The maximum atomic E-state index is 11.2. The second-order valence-corrected chi connectivity index (χ2v) is 4.38. The van der Waals surface area contributed by atoms with Crippen LogP contribution in [0.1, 0.15) is 20.8 Å². The number of carbonyl (C=O) groups is 1. The summed E-state index contributed by atoms with van der Waals surface area (Å²) in [5.74, 6) is 0.663. The Morgan fingerprint density at radius 2 is 2.31 bits per heavy atom. The SMILES string of the molecule is CC(C)CN1CC(C)C(=O)NC1=S. The fourth-order valence-corrected chi connectivity index (χ4v) is 1.65. The molecule has 1 unspecified atom stereocenters. The van der Waals surface area contributed by atoms with Crippen LogP contribution in [0, 0.1) is 11.8 Å². The average molecular weight is 200 g/mol. The summed E-state index contributed by atoms with van der Waals surface area (Å²) >= 11 is 5.07. The second-order valence-electron chi connectivity index (χ2n) is 3.99. The highest BCUT2D eigenvalue weighted by Gasteiger charge is 2.26. The summed E-state index contributed by atoms with van der Waals surface area (Å²) in [5.41, 5.74) is 0. The number of nitrogens with zero attached hydrogens (tertiary/aromatic N) is 1.